The van der Waals surface area contributed by atoms with Crippen molar-refractivity contribution >= 4 is 33.4 Å². The van der Waals surface area contributed by atoms with Crippen LogP contribution in [-0.2, 0) is 37.1 Å². The molecule has 0 saturated carbocycles. The number of carbonyl (C=O) groups excluding carboxylic acids is 1. The van der Waals surface area contributed by atoms with Gasteiger partial charge in [-0.25, -0.2) is 24.1 Å². The van der Waals surface area contributed by atoms with E-state index >= 15 is 0 Å². The van der Waals surface area contributed by atoms with Gasteiger partial charge in [-0.15, -0.1) is 0 Å². The normalized spacial score (nSPS) is 13.8. The molecule has 0 aliphatic carbocycles. The average Bonchev–Trinajstić information content (AvgIpc) is 2.86. The molecule has 0 fully saturated rings. The minimum atomic E-state index is -4.68. The van der Waals surface area contributed by atoms with Crippen molar-refractivity contribution in [2.45, 2.75) is 35.6 Å². The third-order valence-corrected chi connectivity index (χ3v) is 7.85. The van der Waals surface area contributed by atoms with E-state index in [1.807, 2.05) is 0 Å². The second-order valence-corrected chi connectivity index (χ2v) is 10.5. The van der Waals surface area contributed by atoms with Crippen LogP contribution in [0.1, 0.15) is 18.1 Å². The lowest BCUT2D eigenvalue weighted by Gasteiger charge is -2.32. The molecule has 0 unspecified atom stereocenters. The molecule has 0 radical (unpaired) electrons. The lowest BCUT2D eigenvalue weighted by molar-refractivity contribution is -0.144. The Balaban J connectivity index is 2.03. The number of sulfone groups is 1. The third kappa shape index (κ3) is 6.58. The number of hydrogen-bond donors (Lipinski definition) is 5. The first kappa shape index (κ1) is 27.5. The number of aliphatic carboxylic acids is 2. The highest BCUT2D eigenvalue weighted by molar-refractivity contribution is 7.93. The zero-order chi connectivity index (χ0) is 27.1. The number of nitrogens with one attached hydrogen (secondary N) is 3. The second kappa shape index (κ2) is 11.8. The number of carboxylic acid groups (broad SMARTS) is 2. The quantitative estimate of drug-likeness (QED) is 0.223. The molecule has 3 rings (SSSR count). The molecule has 10 nitrogen and oxygen atoms in total. The molecule has 3 aromatic carbocycles. The van der Waals surface area contributed by atoms with Crippen LogP contribution in [0, 0.1) is 0 Å². The zero-order valence-corrected chi connectivity index (χ0v) is 20.7. The predicted octanol–water partition coefficient (Wildman–Crippen LogP) is 2.23. The molecule has 0 heterocycles. The highest BCUT2D eigenvalue weighted by Gasteiger charge is 2.52. The molecule has 11 heteroatoms. The monoisotopic (exact) mass is 525 g/mol. The molecule has 0 saturated heterocycles. The van der Waals surface area contributed by atoms with Crippen molar-refractivity contribution in [3.63, 3.8) is 0 Å². The minimum Gasteiger partial charge on any atom is -0.480 e. The Hall–Kier alpha value is -4.06. The molecule has 194 valence electrons. The Morgan fingerprint density at radius 1 is 0.838 bits per heavy atom. The SMILES string of the molecule is CC(=O)Nc1ccc(S(=O)(=O)[C@@](Cc2ccccc2)(NN[C@@H](Cc2ccccc2)C(=O)O)C(=O)O)cc1. The Morgan fingerprint density at radius 2 is 1.38 bits per heavy atom. The molecule has 0 spiro atoms. The minimum absolute atomic E-state index is 0.0321. The van der Waals surface area contributed by atoms with Gasteiger partial charge in [0.05, 0.1) is 4.90 Å². The van der Waals surface area contributed by atoms with Gasteiger partial charge in [-0.3, -0.25) is 9.59 Å². The third-order valence-electron chi connectivity index (χ3n) is 5.61. The van der Waals surface area contributed by atoms with Gasteiger partial charge in [-0.2, -0.15) is 0 Å². The zero-order valence-electron chi connectivity index (χ0n) is 19.9. The molecule has 3 aromatic rings. The summed E-state index contributed by atoms with van der Waals surface area (Å²) in [7, 11) is -4.68. The average molecular weight is 526 g/mol. The molecule has 5 N–H and O–H groups in total. The van der Waals surface area contributed by atoms with Crippen molar-refractivity contribution in [2.24, 2.45) is 0 Å². The molecule has 0 aromatic heterocycles. The van der Waals surface area contributed by atoms with Crippen LogP contribution in [0.4, 0.5) is 5.69 Å². The molecule has 0 bridgehead atoms. The summed E-state index contributed by atoms with van der Waals surface area (Å²) in [6, 6.07) is 20.5. The molecule has 2 atom stereocenters. The van der Waals surface area contributed by atoms with Crippen molar-refractivity contribution in [1.29, 1.82) is 0 Å². The lowest BCUT2D eigenvalue weighted by Crippen LogP contribution is -2.66. The van der Waals surface area contributed by atoms with Crippen LogP contribution in [-0.4, -0.2) is 47.4 Å². The van der Waals surface area contributed by atoms with Crippen molar-refractivity contribution in [1.82, 2.24) is 10.9 Å². The van der Waals surface area contributed by atoms with Gasteiger partial charge in [0.2, 0.25) is 20.6 Å². The number of hydrazine groups is 1. The molecular formula is C26H27N3O7S. The maximum absolute atomic E-state index is 13.9. The number of carboxylic acids is 2. The summed E-state index contributed by atoms with van der Waals surface area (Å²) in [5.41, 5.74) is 6.22. The second-order valence-electron chi connectivity index (χ2n) is 8.35. The van der Waals surface area contributed by atoms with E-state index in [-0.39, 0.29) is 17.2 Å². The van der Waals surface area contributed by atoms with E-state index in [2.05, 4.69) is 16.2 Å². The van der Waals surface area contributed by atoms with Crippen LogP contribution in [0.2, 0.25) is 0 Å². The van der Waals surface area contributed by atoms with Gasteiger partial charge in [0.1, 0.15) is 6.04 Å². The van der Waals surface area contributed by atoms with Gasteiger partial charge in [0.15, 0.2) is 0 Å². The van der Waals surface area contributed by atoms with Crippen molar-refractivity contribution in [3.05, 3.63) is 96.1 Å². The maximum atomic E-state index is 13.9. The number of benzene rings is 3. The fraction of sp³-hybridized carbons (Fsp3) is 0.192. The molecule has 0 aliphatic rings. The van der Waals surface area contributed by atoms with E-state index in [1.165, 1.54) is 31.2 Å². The van der Waals surface area contributed by atoms with E-state index in [4.69, 9.17) is 0 Å². The van der Waals surface area contributed by atoms with Crippen LogP contribution in [0.5, 0.6) is 0 Å². The number of carbonyl (C=O) groups is 3. The van der Waals surface area contributed by atoms with Crippen LogP contribution in [0.15, 0.2) is 89.8 Å². The number of amides is 1. The Bertz CT molecular complexity index is 1350. The van der Waals surface area contributed by atoms with E-state index in [0.717, 1.165) is 0 Å². The van der Waals surface area contributed by atoms with E-state index in [1.54, 1.807) is 60.7 Å². The fourth-order valence-electron chi connectivity index (χ4n) is 3.71. The Labute approximate surface area is 214 Å². The smallest absolute Gasteiger partial charge is 0.341 e. The van der Waals surface area contributed by atoms with Crippen LogP contribution < -0.4 is 16.2 Å². The molecular weight excluding hydrogens is 498 g/mol. The highest BCUT2D eigenvalue weighted by Crippen LogP contribution is 2.29. The Morgan fingerprint density at radius 3 is 1.86 bits per heavy atom. The summed E-state index contributed by atoms with van der Waals surface area (Å²) in [5, 5.41) is 22.6. The fourth-order valence-corrected chi connectivity index (χ4v) is 5.39. The van der Waals surface area contributed by atoms with Crippen LogP contribution in [0.3, 0.4) is 0 Å². The first-order valence-electron chi connectivity index (χ1n) is 11.2. The molecule has 1 amide bonds. The maximum Gasteiger partial charge on any atom is 0.341 e. The largest absolute Gasteiger partial charge is 0.480 e. The summed E-state index contributed by atoms with van der Waals surface area (Å²) >= 11 is 0. The summed E-state index contributed by atoms with van der Waals surface area (Å²) in [4.78, 5) is 33.0. The van der Waals surface area contributed by atoms with E-state index in [0.29, 0.717) is 16.8 Å². The van der Waals surface area contributed by atoms with Crippen LogP contribution >= 0.6 is 0 Å². The van der Waals surface area contributed by atoms with Gasteiger partial charge in [0, 0.05) is 19.0 Å². The van der Waals surface area contributed by atoms with Crippen LogP contribution in [0.25, 0.3) is 0 Å². The lowest BCUT2D eigenvalue weighted by atomic mass is 10.1. The van der Waals surface area contributed by atoms with Gasteiger partial charge in [-0.05, 0) is 41.8 Å². The predicted molar refractivity (Wildman–Crippen MR) is 136 cm³/mol. The number of anilines is 1. The summed E-state index contributed by atoms with van der Waals surface area (Å²) < 4.78 is 27.7. The number of hydrogen-bond acceptors (Lipinski definition) is 7. The van der Waals surface area contributed by atoms with E-state index in [9.17, 15) is 33.0 Å². The standard InChI is InChI=1S/C26H27N3O7S/c1-18(30)27-21-12-14-22(15-13-21)37(35,36)26(25(33)34,17-20-10-6-3-7-11-20)29-28-23(24(31)32)16-19-8-4-2-5-9-19/h2-15,23,28-29H,16-17H2,1H3,(H,27,30)(H,31,32)(H,33,34)/t23-,26+/m0/s1. The summed E-state index contributed by atoms with van der Waals surface area (Å²) in [6.45, 7) is 1.30. The van der Waals surface area contributed by atoms with Crippen molar-refractivity contribution in [2.75, 3.05) is 5.32 Å². The van der Waals surface area contributed by atoms with Crippen molar-refractivity contribution < 1.29 is 33.0 Å². The number of rotatable bonds is 12. The molecule has 0 aliphatic heterocycles. The summed E-state index contributed by atoms with van der Waals surface area (Å²) in [5.74, 6) is -3.38. The first-order valence-corrected chi connectivity index (χ1v) is 12.7. The van der Waals surface area contributed by atoms with Gasteiger partial charge in [0.25, 0.3) is 0 Å². The highest BCUT2D eigenvalue weighted by atomic mass is 32.2. The van der Waals surface area contributed by atoms with Crippen molar-refractivity contribution in [3.8, 4) is 0 Å². The van der Waals surface area contributed by atoms with Gasteiger partial charge < -0.3 is 15.5 Å². The summed E-state index contributed by atoms with van der Waals surface area (Å²) in [6.07, 6.45) is -0.542. The molecule has 37 heavy (non-hydrogen) atoms. The Kier molecular flexibility index (Phi) is 8.77. The topological polar surface area (TPSA) is 162 Å². The first-order chi connectivity index (χ1) is 17.5. The van der Waals surface area contributed by atoms with Gasteiger partial charge >= 0.3 is 11.9 Å². The van der Waals surface area contributed by atoms with E-state index < -0.39 is 39.1 Å². The van der Waals surface area contributed by atoms with Gasteiger partial charge in [-0.1, -0.05) is 60.7 Å².